The van der Waals surface area contributed by atoms with Crippen molar-refractivity contribution in [2.45, 2.75) is 44.7 Å². The Bertz CT molecular complexity index is 1080. The monoisotopic (exact) mass is 462 g/mol. The van der Waals surface area contributed by atoms with E-state index in [9.17, 15) is 19.5 Å². The summed E-state index contributed by atoms with van der Waals surface area (Å²) in [6, 6.07) is 15.3. The van der Waals surface area contributed by atoms with Gasteiger partial charge in [0.2, 0.25) is 5.91 Å². The maximum Gasteiger partial charge on any atom is 0.407 e. The van der Waals surface area contributed by atoms with E-state index in [0.29, 0.717) is 13.0 Å². The highest BCUT2D eigenvalue weighted by atomic mass is 16.5. The van der Waals surface area contributed by atoms with Crippen LogP contribution in [0.2, 0.25) is 0 Å². The quantitative estimate of drug-likeness (QED) is 0.651. The minimum atomic E-state index is -0.846. The number of aliphatic carboxylic acids is 1. The number of nitrogens with zero attached hydrogens (tertiary/aromatic N) is 1. The van der Waals surface area contributed by atoms with Crippen LogP contribution in [0, 0.1) is 17.8 Å². The average Bonchev–Trinajstić information content (AvgIpc) is 3.47. The Labute approximate surface area is 199 Å². The van der Waals surface area contributed by atoms with Crippen molar-refractivity contribution in [3.8, 4) is 11.1 Å². The molecule has 4 aliphatic rings. The van der Waals surface area contributed by atoms with Gasteiger partial charge in [0.15, 0.2) is 0 Å². The van der Waals surface area contributed by atoms with Gasteiger partial charge in [-0.05, 0) is 46.9 Å². The van der Waals surface area contributed by atoms with Crippen LogP contribution in [0.4, 0.5) is 4.79 Å². The van der Waals surface area contributed by atoms with E-state index in [2.05, 4.69) is 29.6 Å². The standard InChI is InChI=1S/C27H30N2O5/c1-15(2)11-22(25(30)29-13-16-12-23(29)24(16)26(31)32)28-27(33)34-14-21-19-9-5-3-7-17(19)18-8-4-6-10-20(18)21/h3-10,15-16,21-24H,11-14H2,1-2H3,(H,28,33)(H,31,32). The highest BCUT2D eigenvalue weighted by Gasteiger charge is 2.57. The number of benzene rings is 2. The molecule has 2 heterocycles. The molecular formula is C27H30N2O5. The first-order chi connectivity index (χ1) is 16.3. The topological polar surface area (TPSA) is 95.9 Å². The average molecular weight is 463 g/mol. The lowest BCUT2D eigenvalue weighted by atomic mass is 9.74. The Morgan fingerprint density at radius 3 is 2.24 bits per heavy atom. The van der Waals surface area contributed by atoms with E-state index in [1.54, 1.807) is 4.90 Å². The molecular weight excluding hydrogens is 432 g/mol. The molecule has 4 atom stereocenters. The number of carboxylic acid groups (broad SMARTS) is 1. The fraction of sp³-hybridized carbons (Fsp3) is 0.444. The predicted molar refractivity (Wildman–Crippen MR) is 126 cm³/mol. The maximum absolute atomic E-state index is 13.3. The number of amides is 2. The number of fused-ring (bicyclic) bond motifs is 4. The van der Waals surface area contributed by atoms with Crippen molar-refractivity contribution in [2.24, 2.45) is 17.8 Å². The zero-order valence-corrected chi connectivity index (χ0v) is 19.4. The van der Waals surface area contributed by atoms with Crippen molar-refractivity contribution in [2.75, 3.05) is 13.2 Å². The van der Waals surface area contributed by atoms with Gasteiger partial charge in [-0.2, -0.15) is 0 Å². The van der Waals surface area contributed by atoms with Gasteiger partial charge in [0.25, 0.3) is 0 Å². The summed E-state index contributed by atoms with van der Waals surface area (Å²) in [6.45, 7) is 4.60. The normalized spacial score (nSPS) is 23.1. The highest BCUT2D eigenvalue weighted by molar-refractivity contribution is 5.88. The Balaban J connectivity index is 1.25. The predicted octanol–water partition coefficient (Wildman–Crippen LogP) is 3.87. The fourth-order valence-corrected chi connectivity index (χ4v) is 5.91. The molecule has 0 spiro atoms. The molecule has 6 rings (SSSR count). The number of hydrogen-bond donors (Lipinski definition) is 2. The lowest BCUT2D eigenvalue weighted by molar-refractivity contribution is -0.148. The molecule has 4 unspecified atom stereocenters. The molecule has 2 bridgehead atoms. The summed E-state index contributed by atoms with van der Waals surface area (Å²) in [7, 11) is 0. The van der Waals surface area contributed by atoms with Crippen LogP contribution in [-0.2, 0) is 14.3 Å². The van der Waals surface area contributed by atoms with Gasteiger partial charge < -0.3 is 20.1 Å². The molecule has 2 aromatic rings. The zero-order chi connectivity index (χ0) is 24.0. The van der Waals surface area contributed by atoms with Crippen molar-refractivity contribution in [3.63, 3.8) is 0 Å². The number of ether oxygens (including phenoxy) is 1. The van der Waals surface area contributed by atoms with Crippen LogP contribution in [0.3, 0.4) is 0 Å². The lowest BCUT2D eigenvalue weighted by Crippen LogP contribution is -2.52. The lowest BCUT2D eigenvalue weighted by Gasteiger charge is -2.34. The minimum Gasteiger partial charge on any atom is -0.481 e. The molecule has 7 nitrogen and oxygen atoms in total. The molecule has 2 aliphatic heterocycles. The molecule has 2 aliphatic carbocycles. The van der Waals surface area contributed by atoms with Crippen molar-refractivity contribution < 1.29 is 24.2 Å². The minimum absolute atomic E-state index is 0.0144. The Morgan fingerprint density at radius 2 is 1.68 bits per heavy atom. The van der Waals surface area contributed by atoms with Gasteiger partial charge in [-0.15, -0.1) is 0 Å². The van der Waals surface area contributed by atoms with E-state index in [0.717, 1.165) is 28.7 Å². The SMILES string of the molecule is CC(C)CC(NC(=O)OCC1c2ccccc2-c2ccccc21)C(=O)N1CC2CC1C2C(=O)O. The first-order valence-electron chi connectivity index (χ1n) is 12.0. The van der Waals surface area contributed by atoms with Gasteiger partial charge >= 0.3 is 12.1 Å². The number of rotatable bonds is 7. The molecule has 0 aromatic heterocycles. The summed E-state index contributed by atoms with van der Waals surface area (Å²) in [6.07, 6.45) is 0.568. The summed E-state index contributed by atoms with van der Waals surface area (Å²) < 4.78 is 5.65. The maximum atomic E-state index is 13.3. The number of carboxylic acids is 1. The third-order valence-corrected chi connectivity index (χ3v) is 7.51. The molecule has 7 heteroatoms. The van der Waals surface area contributed by atoms with Gasteiger partial charge in [-0.3, -0.25) is 9.59 Å². The largest absolute Gasteiger partial charge is 0.481 e. The first-order valence-corrected chi connectivity index (χ1v) is 12.0. The molecule has 34 heavy (non-hydrogen) atoms. The van der Waals surface area contributed by atoms with E-state index in [1.807, 2.05) is 38.1 Å². The van der Waals surface area contributed by atoms with Crippen LogP contribution < -0.4 is 5.32 Å². The second-order valence-electron chi connectivity index (χ2n) is 10.1. The van der Waals surface area contributed by atoms with Crippen LogP contribution in [0.5, 0.6) is 0 Å². The first kappa shape index (κ1) is 22.4. The second kappa shape index (κ2) is 8.78. The van der Waals surface area contributed by atoms with Gasteiger partial charge in [-0.1, -0.05) is 62.4 Å². The van der Waals surface area contributed by atoms with Gasteiger partial charge in [0.1, 0.15) is 12.6 Å². The van der Waals surface area contributed by atoms with Crippen molar-refractivity contribution in [3.05, 3.63) is 59.7 Å². The van der Waals surface area contributed by atoms with E-state index in [1.165, 1.54) is 0 Å². The van der Waals surface area contributed by atoms with E-state index >= 15 is 0 Å². The van der Waals surface area contributed by atoms with Gasteiger partial charge in [0, 0.05) is 18.5 Å². The van der Waals surface area contributed by atoms with Crippen molar-refractivity contribution in [1.29, 1.82) is 0 Å². The van der Waals surface area contributed by atoms with Crippen molar-refractivity contribution >= 4 is 18.0 Å². The molecule has 3 fully saturated rings. The summed E-state index contributed by atoms with van der Waals surface area (Å²) in [5.74, 6) is -1.41. The van der Waals surface area contributed by atoms with E-state index in [-0.39, 0.29) is 36.3 Å². The van der Waals surface area contributed by atoms with Crippen LogP contribution >= 0.6 is 0 Å². The van der Waals surface area contributed by atoms with E-state index < -0.39 is 24.0 Å². The number of carbonyl (C=O) groups excluding carboxylic acids is 2. The highest BCUT2D eigenvalue weighted by Crippen LogP contribution is 2.47. The van der Waals surface area contributed by atoms with Crippen LogP contribution in [0.1, 0.15) is 43.7 Å². The summed E-state index contributed by atoms with van der Waals surface area (Å²) in [5.41, 5.74) is 4.56. The Hall–Kier alpha value is -3.35. The number of alkyl carbamates (subject to hydrolysis) is 1. The molecule has 2 aromatic carbocycles. The molecule has 1 saturated carbocycles. The number of nitrogens with one attached hydrogen (secondary N) is 1. The fourth-order valence-electron chi connectivity index (χ4n) is 5.91. The van der Waals surface area contributed by atoms with Crippen LogP contribution in [0.25, 0.3) is 11.1 Å². The smallest absolute Gasteiger partial charge is 0.407 e. The summed E-state index contributed by atoms with van der Waals surface area (Å²) in [5, 5.41) is 12.2. The number of hydrogen-bond acceptors (Lipinski definition) is 4. The number of carbonyl (C=O) groups is 3. The molecule has 0 radical (unpaired) electrons. The van der Waals surface area contributed by atoms with Gasteiger partial charge in [-0.25, -0.2) is 4.79 Å². The third-order valence-electron chi connectivity index (χ3n) is 7.51. The zero-order valence-electron chi connectivity index (χ0n) is 19.4. The van der Waals surface area contributed by atoms with Crippen LogP contribution in [-0.4, -0.2) is 53.2 Å². The molecule has 2 N–H and O–H groups in total. The second-order valence-corrected chi connectivity index (χ2v) is 10.1. The van der Waals surface area contributed by atoms with Crippen molar-refractivity contribution in [1.82, 2.24) is 10.2 Å². The third kappa shape index (κ3) is 3.83. The summed E-state index contributed by atoms with van der Waals surface area (Å²) in [4.78, 5) is 39.2. The van der Waals surface area contributed by atoms with E-state index in [4.69, 9.17) is 4.74 Å². The van der Waals surface area contributed by atoms with Crippen LogP contribution in [0.15, 0.2) is 48.5 Å². The Kier molecular flexibility index (Phi) is 5.80. The molecule has 2 amide bonds. The van der Waals surface area contributed by atoms with Gasteiger partial charge in [0.05, 0.1) is 5.92 Å². The molecule has 178 valence electrons. The summed E-state index contributed by atoms with van der Waals surface area (Å²) >= 11 is 0. The molecule has 2 saturated heterocycles. The Morgan fingerprint density at radius 1 is 1.06 bits per heavy atom.